The molecule has 0 aliphatic rings. The Morgan fingerprint density at radius 3 is 2.24 bits per heavy atom. The van der Waals surface area contributed by atoms with Gasteiger partial charge in [-0.15, -0.1) is 0 Å². The lowest BCUT2D eigenvalue weighted by Gasteiger charge is -2.20. The van der Waals surface area contributed by atoms with Crippen LogP contribution in [-0.4, -0.2) is 30.8 Å². The van der Waals surface area contributed by atoms with Crippen LogP contribution in [0.4, 0.5) is 5.82 Å². The summed E-state index contributed by atoms with van der Waals surface area (Å²) in [6.07, 6.45) is 2.90. The zero-order valence-electron chi connectivity index (χ0n) is 10.3. The lowest BCUT2D eigenvalue weighted by atomic mass is 10.4. The third-order valence-electron chi connectivity index (χ3n) is 2.34. The van der Waals surface area contributed by atoms with Crippen molar-refractivity contribution in [1.82, 2.24) is 9.29 Å². The smallest absolute Gasteiger partial charge is 0.244 e. The summed E-state index contributed by atoms with van der Waals surface area (Å²) in [7, 11) is -3.43. The average molecular weight is 257 g/mol. The minimum atomic E-state index is -3.43. The molecule has 0 aromatic carbocycles. The summed E-state index contributed by atoms with van der Waals surface area (Å²) in [6.45, 7) is 4.97. The molecule has 17 heavy (non-hydrogen) atoms. The van der Waals surface area contributed by atoms with Gasteiger partial charge < -0.3 is 5.73 Å². The van der Waals surface area contributed by atoms with E-state index in [0.717, 1.165) is 12.8 Å². The van der Waals surface area contributed by atoms with Crippen molar-refractivity contribution in [2.24, 2.45) is 0 Å². The van der Waals surface area contributed by atoms with E-state index in [1.165, 1.54) is 22.6 Å². The van der Waals surface area contributed by atoms with Crippen LogP contribution in [0.5, 0.6) is 0 Å². The van der Waals surface area contributed by atoms with E-state index < -0.39 is 10.0 Å². The van der Waals surface area contributed by atoms with Gasteiger partial charge in [-0.25, -0.2) is 13.4 Å². The van der Waals surface area contributed by atoms with Gasteiger partial charge in [-0.05, 0) is 25.0 Å². The molecule has 2 N–H and O–H groups in total. The van der Waals surface area contributed by atoms with Crippen LogP contribution < -0.4 is 5.73 Å². The number of nitrogens with two attached hydrogens (primary N) is 1. The Labute approximate surface area is 103 Å². The molecule has 0 saturated heterocycles. The standard InChI is InChI=1S/C11H19N3O2S/c1-3-7-14(8-4-2)17(15,16)10-5-6-11(12)13-9-10/h5-6,9H,3-4,7-8H2,1-2H3,(H2,12,13). The Morgan fingerprint density at radius 2 is 1.82 bits per heavy atom. The molecule has 1 rings (SSSR count). The normalized spacial score (nSPS) is 11.9. The van der Waals surface area contributed by atoms with E-state index in [2.05, 4.69) is 4.98 Å². The first-order chi connectivity index (χ1) is 8.02. The van der Waals surface area contributed by atoms with Crippen molar-refractivity contribution in [3.63, 3.8) is 0 Å². The Hall–Kier alpha value is -1.14. The van der Waals surface area contributed by atoms with Crippen LogP contribution in [0.3, 0.4) is 0 Å². The maximum Gasteiger partial charge on any atom is 0.244 e. The molecular weight excluding hydrogens is 238 g/mol. The molecule has 0 saturated carbocycles. The Balaban J connectivity index is 3.02. The van der Waals surface area contributed by atoms with Crippen molar-refractivity contribution in [3.05, 3.63) is 18.3 Å². The monoisotopic (exact) mass is 257 g/mol. The van der Waals surface area contributed by atoms with Crippen LogP contribution in [0.25, 0.3) is 0 Å². The van der Waals surface area contributed by atoms with Crippen LogP contribution in [0.2, 0.25) is 0 Å². The SMILES string of the molecule is CCCN(CCC)S(=O)(=O)c1ccc(N)nc1. The lowest BCUT2D eigenvalue weighted by molar-refractivity contribution is 0.410. The second-order valence-corrected chi connectivity index (χ2v) is 5.76. The van der Waals surface area contributed by atoms with Crippen LogP contribution in [0.1, 0.15) is 26.7 Å². The van der Waals surface area contributed by atoms with Crippen molar-refractivity contribution in [1.29, 1.82) is 0 Å². The van der Waals surface area contributed by atoms with Gasteiger partial charge in [0, 0.05) is 19.3 Å². The first kappa shape index (κ1) is 13.9. The topological polar surface area (TPSA) is 76.3 Å². The molecule has 0 spiro atoms. The van der Waals surface area contributed by atoms with Gasteiger partial charge in [-0.2, -0.15) is 4.31 Å². The van der Waals surface area contributed by atoms with Gasteiger partial charge in [0.1, 0.15) is 10.7 Å². The Morgan fingerprint density at radius 1 is 1.24 bits per heavy atom. The summed E-state index contributed by atoms with van der Waals surface area (Å²) in [5.74, 6) is 0.321. The number of pyridine rings is 1. The zero-order valence-corrected chi connectivity index (χ0v) is 11.1. The van der Waals surface area contributed by atoms with Gasteiger partial charge in [-0.3, -0.25) is 0 Å². The van der Waals surface area contributed by atoms with Gasteiger partial charge >= 0.3 is 0 Å². The predicted molar refractivity (Wildman–Crippen MR) is 68.0 cm³/mol. The van der Waals surface area contributed by atoms with Crippen molar-refractivity contribution in [2.75, 3.05) is 18.8 Å². The summed E-state index contributed by atoms with van der Waals surface area (Å²) >= 11 is 0. The van der Waals surface area contributed by atoms with E-state index in [0.29, 0.717) is 18.9 Å². The molecule has 0 aliphatic heterocycles. The second-order valence-electron chi connectivity index (χ2n) is 3.82. The number of hydrogen-bond donors (Lipinski definition) is 1. The lowest BCUT2D eigenvalue weighted by Crippen LogP contribution is -2.32. The highest BCUT2D eigenvalue weighted by molar-refractivity contribution is 7.89. The van der Waals surface area contributed by atoms with E-state index in [9.17, 15) is 8.42 Å². The number of rotatable bonds is 6. The number of anilines is 1. The summed E-state index contributed by atoms with van der Waals surface area (Å²) < 4.78 is 26.0. The summed E-state index contributed by atoms with van der Waals surface area (Å²) in [6, 6.07) is 3.00. The van der Waals surface area contributed by atoms with Gasteiger partial charge in [0.25, 0.3) is 0 Å². The van der Waals surface area contributed by atoms with Crippen LogP contribution in [-0.2, 0) is 10.0 Å². The molecule has 5 nitrogen and oxygen atoms in total. The maximum absolute atomic E-state index is 12.3. The molecule has 0 atom stereocenters. The maximum atomic E-state index is 12.3. The highest BCUT2D eigenvalue weighted by Gasteiger charge is 2.22. The zero-order chi connectivity index (χ0) is 12.9. The van der Waals surface area contributed by atoms with Crippen LogP contribution in [0.15, 0.2) is 23.2 Å². The quantitative estimate of drug-likeness (QED) is 0.837. The minimum absolute atomic E-state index is 0.202. The van der Waals surface area contributed by atoms with Crippen molar-refractivity contribution >= 4 is 15.8 Å². The summed E-state index contributed by atoms with van der Waals surface area (Å²) in [4.78, 5) is 4.02. The summed E-state index contributed by atoms with van der Waals surface area (Å²) in [5.41, 5.74) is 5.44. The molecule has 0 fully saturated rings. The third kappa shape index (κ3) is 3.41. The van der Waals surface area contributed by atoms with Crippen molar-refractivity contribution in [3.8, 4) is 0 Å². The number of nitrogen functional groups attached to an aromatic ring is 1. The van der Waals surface area contributed by atoms with E-state index in [1.54, 1.807) is 0 Å². The first-order valence-corrected chi connectivity index (χ1v) is 7.18. The molecule has 96 valence electrons. The van der Waals surface area contributed by atoms with Crippen LogP contribution >= 0.6 is 0 Å². The highest BCUT2D eigenvalue weighted by atomic mass is 32.2. The molecule has 0 bridgehead atoms. The molecule has 0 radical (unpaired) electrons. The molecule has 0 amide bonds. The second kappa shape index (κ2) is 5.97. The molecule has 0 unspecified atom stereocenters. The van der Waals surface area contributed by atoms with E-state index >= 15 is 0 Å². The first-order valence-electron chi connectivity index (χ1n) is 5.74. The molecular formula is C11H19N3O2S. The van der Waals surface area contributed by atoms with Gasteiger partial charge in [-0.1, -0.05) is 13.8 Å². The minimum Gasteiger partial charge on any atom is -0.384 e. The van der Waals surface area contributed by atoms with E-state index in [-0.39, 0.29) is 4.90 Å². The average Bonchev–Trinajstić information content (AvgIpc) is 2.29. The third-order valence-corrected chi connectivity index (χ3v) is 4.23. The predicted octanol–water partition coefficient (Wildman–Crippen LogP) is 1.47. The van der Waals surface area contributed by atoms with E-state index in [1.807, 2.05) is 13.8 Å². The fourth-order valence-electron chi connectivity index (χ4n) is 1.54. The number of hydrogen-bond acceptors (Lipinski definition) is 4. The Kier molecular flexibility index (Phi) is 4.89. The van der Waals surface area contributed by atoms with E-state index in [4.69, 9.17) is 5.73 Å². The van der Waals surface area contributed by atoms with Crippen molar-refractivity contribution < 1.29 is 8.42 Å². The van der Waals surface area contributed by atoms with Gasteiger partial charge in [0.05, 0.1) is 0 Å². The number of aromatic nitrogens is 1. The molecule has 1 aromatic heterocycles. The summed E-state index contributed by atoms with van der Waals surface area (Å²) in [5, 5.41) is 0. The Bertz CT molecular complexity index is 436. The highest BCUT2D eigenvalue weighted by Crippen LogP contribution is 2.16. The molecule has 6 heteroatoms. The number of nitrogens with zero attached hydrogens (tertiary/aromatic N) is 2. The number of sulfonamides is 1. The van der Waals surface area contributed by atoms with Gasteiger partial charge in [0.2, 0.25) is 10.0 Å². The fraction of sp³-hybridized carbons (Fsp3) is 0.545. The largest absolute Gasteiger partial charge is 0.384 e. The van der Waals surface area contributed by atoms with Gasteiger partial charge in [0.15, 0.2) is 0 Å². The molecule has 1 heterocycles. The van der Waals surface area contributed by atoms with Crippen LogP contribution in [0, 0.1) is 0 Å². The van der Waals surface area contributed by atoms with Crippen molar-refractivity contribution in [2.45, 2.75) is 31.6 Å². The fourth-order valence-corrected chi connectivity index (χ4v) is 3.11. The molecule has 0 aliphatic carbocycles. The molecule has 1 aromatic rings.